The highest BCUT2D eigenvalue weighted by atomic mass is 14.7. The van der Waals surface area contributed by atoms with Gasteiger partial charge in [-0.3, -0.25) is 0 Å². The topological polar surface area (TPSA) is 26.0 Å². The van der Waals surface area contributed by atoms with Gasteiger partial charge in [0, 0.05) is 5.54 Å². The Balaban J connectivity index is 1.98. The molecule has 1 atom stereocenters. The predicted molar refractivity (Wildman–Crippen MR) is 64.7 cm³/mol. The molecule has 1 aromatic carbocycles. The predicted octanol–water partition coefficient (Wildman–Crippen LogP) is 3.14. The zero-order valence-electron chi connectivity index (χ0n) is 9.79. The van der Waals surface area contributed by atoms with E-state index in [-0.39, 0.29) is 5.54 Å². The third kappa shape index (κ3) is 3.07. The lowest BCUT2D eigenvalue weighted by molar-refractivity contribution is 0.337. The largest absolute Gasteiger partial charge is 0.325 e. The third-order valence-electron chi connectivity index (χ3n) is 3.38. The molecule has 0 radical (unpaired) electrons. The molecule has 1 aliphatic carbocycles. The maximum atomic E-state index is 6.37. The highest BCUT2D eigenvalue weighted by Crippen LogP contribution is 2.50. The van der Waals surface area contributed by atoms with Gasteiger partial charge in [-0.15, -0.1) is 0 Å². The Bertz CT molecular complexity index is 322. The van der Waals surface area contributed by atoms with E-state index in [1.165, 1.54) is 18.4 Å². The van der Waals surface area contributed by atoms with Crippen molar-refractivity contribution in [3.05, 3.63) is 35.9 Å². The summed E-state index contributed by atoms with van der Waals surface area (Å²) < 4.78 is 0. The first-order chi connectivity index (χ1) is 6.99. The molecule has 2 N–H and O–H groups in total. The van der Waals surface area contributed by atoms with E-state index >= 15 is 0 Å². The van der Waals surface area contributed by atoms with Gasteiger partial charge in [-0.25, -0.2) is 0 Å². The van der Waals surface area contributed by atoms with Gasteiger partial charge in [0.05, 0.1) is 0 Å². The first-order valence-electron chi connectivity index (χ1n) is 5.82. The summed E-state index contributed by atoms with van der Waals surface area (Å²) in [6.07, 6.45) is 4.85. The molecule has 1 nitrogen and oxygen atoms in total. The van der Waals surface area contributed by atoms with Crippen molar-refractivity contribution in [2.45, 2.75) is 45.1 Å². The van der Waals surface area contributed by atoms with Gasteiger partial charge in [0.25, 0.3) is 0 Å². The van der Waals surface area contributed by atoms with Crippen LogP contribution >= 0.6 is 0 Å². The Labute approximate surface area is 92.7 Å². The first kappa shape index (κ1) is 10.7. The van der Waals surface area contributed by atoms with Crippen LogP contribution in [0.15, 0.2) is 30.3 Å². The van der Waals surface area contributed by atoms with Crippen LogP contribution in [0.2, 0.25) is 0 Å². The average molecular weight is 203 g/mol. The van der Waals surface area contributed by atoms with Crippen molar-refractivity contribution in [3.8, 4) is 0 Å². The Morgan fingerprint density at radius 3 is 2.40 bits per heavy atom. The monoisotopic (exact) mass is 203 g/mol. The van der Waals surface area contributed by atoms with E-state index in [1.807, 2.05) is 0 Å². The van der Waals surface area contributed by atoms with E-state index in [1.54, 1.807) is 0 Å². The molecule has 1 heteroatoms. The molecule has 2 rings (SSSR count). The van der Waals surface area contributed by atoms with Crippen LogP contribution in [0.4, 0.5) is 0 Å². The van der Waals surface area contributed by atoms with Crippen molar-refractivity contribution in [2.75, 3.05) is 0 Å². The van der Waals surface area contributed by atoms with Crippen LogP contribution in [-0.4, -0.2) is 5.54 Å². The molecular formula is C14H21N. The number of nitrogens with two attached hydrogens (primary N) is 1. The van der Waals surface area contributed by atoms with Crippen molar-refractivity contribution in [1.29, 1.82) is 0 Å². The van der Waals surface area contributed by atoms with Crippen LogP contribution in [-0.2, 0) is 6.42 Å². The molecule has 1 aliphatic rings. The number of benzene rings is 1. The molecule has 0 saturated heterocycles. The lowest BCUT2D eigenvalue weighted by Crippen LogP contribution is -2.40. The van der Waals surface area contributed by atoms with Gasteiger partial charge < -0.3 is 5.73 Å². The second kappa shape index (κ2) is 3.64. The highest BCUT2D eigenvalue weighted by Gasteiger charge is 2.41. The second-order valence-corrected chi connectivity index (χ2v) is 5.80. The van der Waals surface area contributed by atoms with Crippen molar-refractivity contribution in [2.24, 2.45) is 11.1 Å². The third-order valence-corrected chi connectivity index (χ3v) is 3.38. The van der Waals surface area contributed by atoms with Gasteiger partial charge in [0.1, 0.15) is 0 Å². The van der Waals surface area contributed by atoms with Crippen LogP contribution in [0.1, 0.15) is 38.7 Å². The van der Waals surface area contributed by atoms with E-state index in [4.69, 9.17) is 5.73 Å². The zero-order valence-corrected chi connectivity index (χ0v) is 9.79. The smallest absolute Gasteiger partial charge is 0.0171 e. The van der Waals surface area contributed by atoms with E-state index in [9.17, 15) is 0 Å². The molecule has 15 heavy (non-hydrogen) atoms. The van der Waals surface area contributed by atoms with Gasteiger partial charge in [-0.05, 0) is 43.6 Å². The molecule has 1 fully saturated rings. The summed E-state index contributed by atoms with van der Waals surface area (Å²) in [4.78, 5) is 0. The summed E-state index contributed by atoms with van der Waals surface area (Å²) in [6, 6.07) is 10.6. The van der Waals surface area contributed by atoms with Crippen molar-refractivity contribution >= 4 is 0 Å². The number of rotatable bonds is 4. The molecule has 0 amide bonds. The van der Waals surface area contributed by atoms with Crippen LogP contribution in [0.25, 0.3) is 0 Å². The maximum Gasteiger partial charge on any atom is 0.0171 e. The molecular weight excluding hydrogens is 182 g/mol. The van der Waals surface area contributed by atoms with Crippen LogP contribution < -0.4 is 5.73 Å². The van der Waals surface area contributed by atoms with Crippen molar-refractivity contribution < 1.29 is 0 Å². The van der Waals surface area contributed by atoms with Crippen molar-refractivity contribution in [3.63, 3.8) is 0 Å². The van der Waals surface area contributed by atoms with Crippen LogP contribution in [0.5, 0.6) is 0 Å². The number of hydrogen-bond donors (Lipinski definition) is 1. The fraction of sp³-hybridized carbons (Fsp3) is 0.571. The molecule has 1 saturated carbocycles. The minimum Gasteiger partial charge on any atom is -0.325 e. The summed E-state index contributed by atoms with van der Waals surface area (Å²) in [5, 5.41) is 0. The van der Waals surface area contributed by atoms with Crippen molar-refractivity contribution in [1.82, 2.24) is 0 Å². The van der Waals surface area contributed by atoms with E-state index in [2.05, 4.69) is 44.2 Å². The van der Waals surface area contributed by atoms with E-state index in [0.717, 1.165) is 12.8 Å². The van der Waals surface area contributed by atoms with E-state index < -0.39 is 0 Å². The minimum absolute atomic E-state index is 0.0490. The maximum absolute atomic E-state index is 6.37. The highest BCUT2D eigenvalue weighted by molar-refractivity contribution is 5.18. The summed E-state index contributed by atoms with van der Waals surface area (Å²) in [6.45, 7) is 4.53. The van der Waals surface area contributed by atoms with Gasteiger partial charge >= 0.3 is 0 Å². The lowest BCUT2D eigenvalue weighted by atomic mass is 9.84. The van der Waals surface area contributed by atoms with Gasteiger partial charge in [-0.2, -0.15) is 0 Å². The molecule has 0 aromatic heterocycles. The SMILES string of the molecule is CC1(C[C@](C)(N)Cc2ccccc2)CC1. The Morgan fingerprint density at radius 1 is 1.27 bits per heavy atom. The van der Waals surface area contributed by atoms with Crippen LogP contribution in [0.3, 0.4) is 0 Å². The minimum atomic E-state index is -0.0490. The molecule has 0 spiro atoms. The van der Waals surface area contributed by atoms with Gasteiger partial charge in [0.2, 0.25) is 0 Å². The normalized spacial score (nSPS) is 22.1. The Kier molecular flexibility index (Phi) is 2.59. The summed E-state index contributed by atoms with van der Waals surface area (Å²) in [5.41, 5.74) is 8.22. The van der Waals surface area contributed by atoms with Crippen LogP contribution in [0, 0.1) is 5.41 Å². The quantitative estimate of drug-likeness (QED) is 0.799. The summed E-state index contributed by atoms with van der Waals surface area (Å²) in [5.74, 6) is 0. The molecule has 82 valence electrons. The average Bonchev–Trinajstić information content (AvgIpc) is 2.82. The molecule has 1 aromatic rings. The lowest BCUT2D eigenvalue weighted by Gasteiger charge is -2.28. The number of hydrogen-bond acceptors (Lipinski definition) is 1. The standard InChI is InChI=1S/C14H21N/c1-13(8-9-13)11-14(2,15)10-12-6-4-3-5-7-12/h3-7H,8-11,15H2,1-2H3/t14-/m1/s1. The molecule has 0 bridgehead atoms. The molecule has 0 heterocycles. The Hall–Kier alpha value is -0.820. The Morgan fingerprint density at radius 2 is 1.87 bits per heavy atom. The zero-order chi connectivity index (χ0) is 10.9. The molecule has 0 aliphatic heterocycles. The van der Waals surface area contributed by atoms with Gasteiger partial charge in [0.15, 0.2) is 0 Å². The van der Waals surface area contributed by atoms with Gasteiger partial charge in [-0.1, -0.05) is 37.3 Å². The summed E-state index contributed by atoms with van der Waals surface area (Å²) in [7, 11) is 0. The van der Waals surface area contributed by atoms with E-state index in [0.29, 0.717) is 5.41 Å². The molecule has 0 unspecified atom stereocenters. The summed E-state index contributed by atoms with van der Waals surface area (Å²) >= 11 is 0. The fourth-order valence-corrected chi connectivity index (χ4v) is 2.49. The fourth-order valence-electron chi connectivity index (χ4n) is 2.49. The first-order valence-corrected chi connectivity index (χ1v) is 5.82. The second-order valence-electron chi connectivity index (χ2n) is 5.80.